The van der Waals surface area contributed by atoms with Crippen LogP contribution in [0.15, 0.2) is 45.7 Å². The lowest BCUT2D eigenvalue weighted by Gasteiger charge is -2.13. The number of nitrogens with zero attached hydrogens (tertiary/aromatic N) is 1. The number of carbonyl (C=O) groups is 1. The van der Waals surface area contributed by atoms with E-state index in [0.29, 0.717) is 0 Å². The number of halogens is 1. The van der Waals surface area contributed by atoms with Crippen LogP contribution in [0.5, 0.6) is 0 Å². The SMILES string of the molecule is CC(Cc1ccc(Br)cc1)NC(=O)c1ccc(=O)[nH]n1. The summed E-state index contributed by atoms with van der Waals surface area (Å²) in [5, 5.41) is 8.78. The molecule has 1 atom stereocenters. The highest BCUT2D eigenvalue weighted by molar-refractivity contribution is 9.10. The number of aromatic nitrogens is 2. The van der Waals surface area contributed by atoms with E-state index in [4.69, 9.17) is 0 Å². The molecule has 0 saturated heterocycles. The number of benzene rings is 1. The van der Waals surface area contributed by atoms with Gasteiger partial charge in [0.1, 0.15) is 5.69 Å². The average Bonchev–Trinajstić information content (AvgIpc) is 2.42. The van der Waals surface area contributed by atoms with Crippen molar-refractivity contribution in [1.82, 2.24) is 15.5 Å². The van der Waals surface area contributed by atoms with Gasteiger partial charge in [0.05, 0.1) is 0 Å². The van der Waals surface area contributed by atoms with E-state index in [1.54, 1.807) is 0 Å². The molecule has 1 aromatic heterocycles. The van der Waals surface area contributed by atoms with E-state index in [0.717, 1.165) is 16.5 Å². The summed E-state index contributed by atoms with van der Waals surface area (Å²) >= 11 is 3.38. The Hall–Kier alpha value is -1.95. The van der Waals surface area contributed by atoms with Gasteiger partial charge >= 0.3 is 0 Å². The van der Waals surface area contributed by atoms with Gasteiger partial charge in [-0.3, -0.25) is 9.59 Å². The monoisotopic (exact) mass is 335 g/mol. The summed E-state index contributed by atoms with van der Waals surface area (Å²) in [5.41, 5.74) is 1.01. The Labute approximate surface area is 124 Å². The van der Waals surface area contributed by atoms with Crippen molar-refractivity contribution < 1.29 is 4.79 Å². The summed E-state index contributed by atoms with van der Waals surface area (Å²) in [5.74, 6) is -0.300. The van der Waals surface area contributed by atoms with Gasteiger partial charge in [0.2, 0.25) is 0 Å². The minimum absolute atomic E-state index is 0.0302. The van der Waals surface area contributed by atoms with Crippen molar-refractivity contribution >= 4 is 21.8 Å². The summed E-state index contributed by atoms with van der Waals surface area (Å²) in [7, 11) is 0. The van der Waals surface area contributed by atoms with Crippen LogP contribution in [0, 0.1) is 0 Å². The van der Waals surface area contributed by atoms with Gasteiger partial charge < -0.3 is 5.32 Å². The van der Waals surface area contributed by atoms with E-state index in [-0.39, 0.29) is 23.2 Å². The summed E-state index contributed by atoms with van der Waals surface area (Å²) in [4.78, 5) is 22.8. The van der Waals surface area contributed by atoms with Crippen LogP contribution in [-0.4, -0.2) is 22.1 Å². The predicted molar refractivity (Wildman–Crippen MR) is 79.6 cm³/mol. The summed E-state index contributed by atoms with van der Waals surface area (Å²) in [6.07, 6.45) is 0.725. The maximum atomic E-state index is 11.9. The number of amides is 1. The zero-order chi connectivity index (χ0) is 14.5. The number of nitrogens with one attached hydrogen (secondary N) is 2. The molecule has 6 heteroatoms. The standard InChI is InChI=1S/C14H14BrN3O2/c1-9(8-10-2-4-11(15)5-3-10)16-14(20)12-6-7-13(19)18-17-12/h2-7,9H,8H2,1H3,(H,16,20)(H,18,19). The van der Waals surface area contributed by atoms with Crippen LogP contribution in [0.4, 0.5) is 0 Å². The average molecular weight is 336 g/mol. The van der Waals surface area contributed by atoms with Crippen LogP contribution in [0.25, 0.3) is 0 Å². The molecule has 1 amide bonds. The lowest BCUT2D eigenvalue weighted by Crippen LogP contribution is -2.35. The Morgan fingerprint density at radius 1 is 1.30 bits per heavy atom. The Morgan fingerprint density at radius 3 is 2.60 bits per heavy atom. The van der Waals surface area contributed by atoms with Crippen LogP contribution in [0.3, 0.4) is 0 Å². The second-order valence-electron chi connectivity index (χ2n) is 4.51. The van der Waals surface area contributed by atoms with Crippen molar-refractivity contribution in [2.75, 3.05) is 0 Å². The van der Waals surface area contributed by atoms with Crippen molar-refractivity contribution in [3.63, 3.8) is 0 Å². The molecule has 0 spiro atoms. The van der Waals surface area contributed by atoms with Crippen molar-refractivity contribution in [1.29, 1.82) is 0 Å². The van der Waals surface area contributed by atoms with Crippen molar-refractivity contribution in [2.45, 2.75) is 19.4 Å². The number of hydrogen-bond acceptors (Lipinski definition) is 3. The minimum atomic E-state index is -0.329. The first-order valence-corrected chi connectivity index (χ1v) is 6.95. The van der Waals surface area contributed by atoms with E-state index in [1.807, 2.05) is 31.2 Å². The van der Waals surface area contributed by atoms with Crippen LogP contribution in [-0.2, 0) is 6.42 Å². The quantitative estimate of drug-likeness (QED) is 0.895. The fourth-order valence-electron chi connectivity index (χ4n) is 1.79. The third-order valence-corrected chi connectivity index (χ3v) is 3.27. The van der Waals surface area contributed by atoms with Crippen molar-refractivity contribution in [2.24, 2.45) is 0 Å². The minimum Gasteiger partial charge on any atom is -0.348 e. The molecule has 1 unspecified atom stereocenters. The van der Waals surface area contributed by atoms with E-state index in [1.165, 1.54) is 12.1 Å². The second-order valence-corrected chi connectivity index (χ2v) is 5.43. The predicted octanol–water partition coefficient (Wildman–Crippen LogP) is 1.89. The molecule has 0 aliphatic carbocycles. The van der Waals surface area contributed by atoms with E-state index >= 15 is 0 Å². The van der Waals surface area contributed by atoms with Crippen LogP contribution >= 0.6 is 15.9 Å². The first-order chi connectivity index (χ1) is 9.54. The van der Waals surface area contributed by atoms with Crippen molar-refractivity contribution in [3.8, 4) is 0 Å². The number of H-pyrrole nitrogens is 1. The molecule has 1 heterocycles. The molecule has 5 nitrogen and oxygen atoms in total. The van der Waals surface area contributed by atoms with E-state index in [9.17, 15) is 9.59 Å². The highest BCUT2D eigenvalue weighted by atomic mass is 79.9. The number of carbonyl (C=O) groups excluding carboxylic acids is 1. The third-order valence-electron chi connectivity index (χ3n) is 2.74. The van der Waals surface area contributed by atoms with Gasteiger partial charge in [-0.25, -0.2) is 5.10 Å². The van der Waals surface area contributed by atoms with Gasteiger partial charge in [-0.2, -0.15) is 5.10 Å². The zero-order valence-corrected chi connectivity index (χ0v) is 12.5. The van der Waals surface area contributed by atoms with Crippen LogP contribution in [0.2, 0.25) is 0 Å². The summed E-state index contributed by atoms with van der Waals surface area (Å²) in [6, 6.07) is 10.6. The molecular weight excluding hydrogens is 322 g/mol. The van der Waals surface area contributed by atoms with Gasteiger partial charge in [0, 0.05) is 16.6 Å². The maximum Gasteiger partial charge on any atom is 0.271 e. The highest BCUT2D eigenvalue weighted by Crippen LogP contribution is 2.11. The van der Waals surface area contributed by atoms with Crippen molar-refractivity contribution in [3.05, 3.63) is 62.5 Å². The van der Waals surface area contributed by atoms with E-state index in [2.05, 4.69) is 31.4 Å². The topological polar surface area (TPSA) is 74.8 Å². The first kappa shape index (κ1) is 14.5. The largest absolute Gasteiger partial charge is 0.348 e. The summed E-state index contributed by atoms with van der Waals surface area (Å²) < 4.78 is 1.02. The normalized spacial score (nSPS) is 11.9. The molecule has 2 N–H and O–H groups in total. The number of hydrogen-bond donors (Lipinski definition) is 2. The van der Waals surface area contributed by atoms with Gasteiger partial charge in [0.25, 0.3) is 11.5 Å². The molecule has 20 heavy (non-hydrogen) atoms. The van der Waals surface area contributed by atoms with E-state index < -0.39 is 0 Å². The molecule has 2 rings (SSSR count). The number of aromatic amines is 1. The molecule has 104 valence electrons. The Bertz CT molecular complexity index is 632. The third kappa shape index (κ3) is 4.03. The molecular formula is C14H14BrN3O2. The van der Waals surface area contributed by atoms with Gasteiger partial charge in [-0.05, 0) is 37.1 Å². The van der Waals surface area contributed by atoms with Crippen LogP contribution in [0.1, 0.15) is 23.0 Å². The van der Waals surface area contributed by atoms with Gasteiger partial charge in [0.15, 0.2) is 0 Å². The highest BCUT2D eigenvalue weighted by Gasteiger charge is 2.11. The molecule has 0 bridgehead atoms. The lowest BCUT2D eigenvalue weighted by molar-refractivity contribution is 0.0934. The molecule has 0 saturated carbocycles. The molecule has 0 aliphatic rings. The summed E-state index contributed by atoms with van der Waals surface area (Å²) in [6.45, 7) is 1.92. The molecule has 0 aliphatic heterocycles. The molecule has 1 aromatic carbocycles. The molecule has 2 aromatic rings. The second kappa shape index (κ2) is 6.47. The smallest absolute Gasteiger partial charge is 0.271 e. The van der Waals surface area contributed by atoms with Gasteiger partial charge in [-0.1, -0.05) is 28.1 Å². The Morgan fingerprint density at radius 2 is 2.00 bits per heavy atom. The fraction of sp³-hybridized carbons (Fsp3) is 0.214. The maximum absolute atomic E-state index is 11.9. The Kier molecular flexibility index (Phi) is 4.68. The molecule has 0 fully saturated rings. The van der Waals surface area contributed by atoms with Crippen LogP contribution < -0.4 is 10.9 Å². The number of rotatable bonds is 4. The first-order valence-electron chi connectivity index (χ1n) is 6.15. The fourth-order valence-corrected chi connectivity index (χ4v) is 2.06. The zero-order valence-electron chi connectivity index (χ0n) is 10.9. The Balaban J connectivity index is 1.95. The lowest BCUT2D eigenvalue weighted by atomic mass is 10.1. The molecule has 0 radical (unpaired) electrons. The van der Waals surface area contributed by atoms with Gasteiger partial charge in [-0.15, -0.1) is 0 Å².